The molecule has 4 aromatic rings. The fourth-order valence-corrected chi connectivity index (χ4v) is 6.29. The van der Waals surface area contributed by atoms with Crippen molar-refractivity contribution < 1.29 is 12.9 Å². The number of benzene rings is 2. The highest BCUT2D eigenvalue weighted by Crippen LogP contribution is 2.35. The van der Waals surface area contributed by atoms with Crippen molar-refractivity contribution >= 4 is 43.4 Å². The Morgan fingerprint density at radius 2 is 1.88 bits per heavy atom. The van der Waals surface area contributed by atoms with Gasteiger partial charge in [-0.25, -0.2) is 13.1 Å². The van der Waals surface area contributed by atoms with Crippen molar-refractivity contribution in [3.05, 3.63) is 69.7 Å². The average Bonchev–Trinajstić information content (AvgIpc) is 3.16. The standard InChI is InChI=1S/C23H22ClN3O4S/c1-14-20-22(25-31-14)21-18(24)11-6-12-19(21)27(23(20)28)16-8-5-7-15(13-16)26-32(29,30)17-9-3-2-4-10-17/h2-4,6,9-12,15-16,26H,5,7-8,13H2,1H3. The Morgan fingerprint density at radius 1 is 1.09 bits per heavy atom. The highest BCUT2D eigenvalue weighted by Gasteiger charge is 2.30. The average molecular weight is 472 g/mol. The summed E-state index contributed by atoms with van der Waals surface area (Å²) in [5.41, 5.74) is 0.950. The molecule has 1 saturated carbocycles. The van der Waals surface area contributed by atoms with Crippen molar-refractivity contribution in [1.82, 2.24) is 14.4 Å². The minimum absolute atomic E-state index is 0.181. The first-order chi connectivity index (χ1) is 15.4. The SMILES string of the molecule is Cc1onc2c1c(=O)n(C1CCCC(NS(=O)(=O)c3ccccc3)C1)c1cccc(Cl)c21. The summed E-state index contributed by atoms with van der Waals surface area (Å²) >= 11 is 6.50. The van der Waals surface area contributed by atoms with Gasteiger partial charge in [-0.1, -0.05) is 41.0 Å². The zero-order valence-electron chi connectivity index (χ0n) is 17.4. The maximum Gasteiger partial charge on any atom is 0.264 e. The Morgan fingerprint density at radius 3 is 2.66 bits per heavy atom. The molecule has 2 aromatic carbocycles. The third-order valence-corrected chi connectivity index (χ3v) is 8.02. The number of hydrogen-bond donors (Lipinski definition) is 1. The highest BCUT2D eigenvalue weighted by atomic mass is 35.5. The third-order valence-electron chi connectivity index (χ3n) is 6.17. The van der Waals surface area contributed by atoms with E-state index in [1.54, 1.807) is 54.0 Å². The Bertz CT molecular complexity index is 1480. The summed E-state index contributed by atoms with van der Waals surface area (Å²) in [6.45, 7) is 1.71. The van der Waals surface area contributed by atoms with Gasteiger partial charge in [0.25, 0.3) is 5.56 Å². The lowest BCUT2D eigenvalue weighted by atomic mass is 9.91. The van der Waals surface area contributed by atoms with Crippen LogP contribution in [0.5, 0.6) is 0 Å². The molecule has 2 aromatic heterocycles. The number of halogens is 1. The monoisotopic (exact) mass is 471 g/mol. The van der Waals surface area contributed by atoms with Crippen LogP contribution in [-0.2, 0) is 10.0 Å². The molecule has 0 amide bonds. The van der Waals surface area contributed by atoms with E-state index in [0.717, 1.165) is 12.8 Å². The number of aryl methyl sites for hydroxylation is 1. The molecule has 0 bridgehead atoms. The molecule has 0 aliphatic heterocycles. The fourth-order valence-electron chi connectivity index (χ4n) is 4.73. The summed E-state index contributed by atoms with van der Waals surface area (Å²) in [5.74, 6) is 0.442. The minimum atomic E-state index is -3.64. The number of fused-ring (bicyclic) bond motifs is 3. The van der Waals surface area contributed by atoms with Crippen molar-refractivity contribution in [1.29, 1.82) is 0 Å². The highest BCUT2D eigenvalue weighted by molar-refractivity contribution is 7.89. The van der Waals surface area contributed by atoms with Gasteiger partial charge in [0.05, 0.1) is 15.4 Å². The molecule has 0 saturated heterocycles. The van der Waals surface area contributed by atoms with Gasteiger partial charge in [-0.3, -0.25) is 4.79 Å². The van der Waals surface area contributed by atoms with Crippen LogP contribution in [0.2, 0.25) is 5.02 Å². The van der Waals surface area contributed by atoms with Gasteiger partial charge < -0.3 is 9.09 Å². The molecule has 0 radical (unpaired) electrons. The molecule has 2 unspecified atom stereocenters. The molecule has 0 spiro atoms. The van der Waals surface area contributed by atoms with Gasteiger partial charge in [0.15, 0.2) is 0 Å². The summed E-state index contributed by atoms with van der Waals surface area (Å²) in [5, 5.41) is 5.67. The minimum Gasteiger partial charge on any atom is -0.360 e. The summed E-state index contributed by atoms with van der Waals surface area (Å²) in [6.07, 6.45) is 2.77. The van der Waals surface area contributed by atoms with E-state index in [0.29, 0.717) is 45.4 Å². The van der Waals surface area contributed by atoms with Crippen LogP contribution in [0.15, 0.2) is 62.7 Å². The van der Waals surface area contributed by atoms with E-state index < -0.39 is 10.0 Å². The van der Waals surface area contributed by atoms with Crippen LogP contribution in [0.1, 0.15) is 37.5 Å². The number of aromatic nitrogens is 2. The first kappa shape index (κ1) is 21.2. The first-order valence-electron chi connectivity index (χ1n) is 10.5. The normalized spacial score (nSPS) is 19.6. The number of rotatable bonds is 4. The lowest BCUT2D eigenvalue weighted by molar-refractivity contribution is 0.307. The number of nitrogens with zero attached hydrogens (tertiary/aromatic N) is 2. The second-order valence-electron chi connectivity index (χ2n) is 8.22. The van der Waals surface area contributed by atoms with Crippen LogP contribution in [0, 0.1) is 6.92 Å². The molecular weight excluding hydrogens is 450 g/mol. The predicted octanol–water partition coefficient (Wildman–Crippen LogP) is 4.57. The fraction of sp³-hybridized carbons (Fsp3) is 0.304. The maximum atomic E-state index is 13.5. The quantitative estimate of drug-likeness (QED) is 0.470. The van der Waals surface area contributed by atoms with E-state index in [4.69, 9.17) is 16.1 Å². The van der Waals surface area contributed by atoms with Gasteiger partial charge in [0.1, 0.15) is 16.7 Å². The number of sulfonamides is 1. The topological polar surface area (TPSA) is 94.2 Å². The van der Waals surface area contributed by atoms with Gasteiger partial charge >= 0.3 is 0 Å². The van der Waals surface area contributed by atoms with E-state index in [-0.39, 0.29) is 22.5 Å². The molecular formula is C23H22ClN3O4S. The van der Waals surface area contributed by atoms with Crippen molar-refractivity contribution in [2.24, 2.45) is 0 Å². The second kappa shape index (κ2) is 8.03. The zero-order chi connectivity index (χ0) is 22.5. The first-order valence-corrected chi connectivity index (χ1v) is 12.4. The molecule has 1 fully saturated rings. The van der Waals surface area contributed by atoms with E-state index in [1.807, 2.05) is 6.07 Å². The summed E-state index contributed by atoms with van der Waals surface area (Å²) in [7, 11) is -3.64. The molecule has 5 rings (SSSR count). The molecule has 1 aliphatic rings. The van der Waals surface area contributed by atoms with Gasteiger partial charge in [-0.05, 0) is 56.9 Å². The van der Waals surface area contributed by atoms with E-state index in [2.05, 4.69) is 9.88 Å². The second-order valence-corrected chi connectivity index (χ2v) is 10.3. The third kappa shape index (κ3) is 3.52. The molecule has 9 heteroatoms. The van der Waals surface area contributed by atoms with Crippen LogP contribution in [0.4, 0.5) is 0 Å². The number of nitrogens with one attached hydrogen (secondary N) is 1. The summed E-state index contributed by atoms with van der Waals surface area (Å²) in [6, 6.07) is 13.3. The van der Waals surface area contributed by atoms with E-state index in [1.165, 1.54) is 0 Å². The Kier molecular flexibility index (Phi) is 5.31. The molecule has 32 heavy (non-hydrogen) atoms. The molecule has 2 heterocycles. The molecule has 2 atom stereocenters. The molecule has 166 valence electrons. The van der Waals surface area contributed by atoms with E-state index in [9.17, 15) is 13.2 Å². The number of pyridine rings is 1. The molecule has 7 nitrogen and oxygen atoms in total. The van der Waals surface area contributed by atoms with Crippen molar-refractivity contribution in [2.45, 2.75) is 49.6 Å². The number of hydrogen-bond acceptors (Lipinski definition) is 5. The Balaban J connectivity index is 1.57. The summed E-state index contributed by atoms with van der Waals surface area (Å²) < 4.78 is 35.6. The molecule has 1 aliphatic carbocycles. The van der Waals surface area contributed by atoms with Crippen LogP contribution < -0.4 is 10.3 Å². The van der Waals surface area contributed by atoms with E-state index >= 15 is 0 Å². The Labute approximate surface area is 190 Å². The van der Waals surface area contributed by atoms with Crippen LogP contribution in [0.25, 0.3) is 21.8 Å². The largest absolute Gasteiger partial charge is 0.360 e. The lowest BCUT2D eigenvalue weighted by Gasteiger charge is -2.31. The van der Waals surface area contributed by atoms with Gasteiger partial charge in [0.2, 0.25) is 10.0 Å². The van der Waals surface area contributed by atoms with Crippen LogP contribution in [-0.4, -0.2) is 24.2 Å². The molecule has 1 N–H and O–H groups in total. The lowest BCUT2D eigenvalue weighted by Crippen LogP contribution is -2.40. The Hall–Kier alpha value is -2.68. The van der Waals surface area contributed by atoms with Gasteiger partial charge in [-0.15, -0.1) is 0 Å². The van der Waals surface area contributed by atoms with Crippen LogP contribution in [0.3, 0.4) is 0 Å². The van der Waals surface area contributed by atoms with Gasteiger partial charge in [0, 0.05) is 17.5 Å². The predicted molar refractivity (Wildman–Crippen MR) is 124 cm³/mol. The smallest absolute Gasteiger partial charge is 0.264 e. The van der Waals surface area contributed by atoms with Gasteiger partial charge in [-0.2, -0.15) is 0 Å². The maximum absolute atomic E-state index is 13.5. The van der Waals surface area contributed by atoms with Crippen molar-refractivity contribution in [3.8, 4) is 0 Å². The zero-order valence-corrected chi connectivity index (χ0v) is 19.0. The van der Waals surface area contributed by atoms with Crippen molar-refractivity contribution in [2.75, 3.05) is 0 Å². The summed E-state index contributed by atoms with van der Waals surface area (Å²) in [4.78, 5) is 13.8. The van der Waals surface area contributed by atoms with Crippen molar-refractivity contribution in [3.63, 3.8) is 0 Å². The van der Waals surface area contributed by atoms with Crippen LogP contribution >= 0.6 is 11.6 Å².